The van der Waals surface area contributed by atoms with Gasteiger partial charge in [-0.3, -0.25) is 0 Å². The van der Waals surface area contributed by atoms with Crippen molar-refractivity contribution in [2.45, 2.75) is 166 Å². The van der Waals surface area contributed by atoms with Crippen molar-refractivity contribution in [3.05, 3.63) is 37.0 Å². The molecule has 0 spiro atoms. The van der Waals surface area contributed by atoms with Crippen molar-refractivity contribution in [3.8, 4) is 0 Å². The fourth-order valence-corrected chi connectivity index (χ4v) is 12.0. The van der Waals surface area contributed by atoms with E-state index >= 15 is 0 Å². The zero-order valence-electron chi connectivity index (χ0n) is 31.7. The van der Waals surface area contributed by atoms with Gasteiger partial charge in [0.2, 0.25) is 0 Å². The van der Waals surface area contributed by atoms with Crippen LogP contribution in [-0.4, -0.2) is 103 Å². The normalized spacial score (nSPS) is 49.7. The van der Waals surface area contributed by atoms with Crippen molar-refractivity contribution in [1.82, 2.24) is 0 Å². The van der Waals surface area contributed by atoms with E-state index in [1.165, 1.54) is 44.1 Å². The summed E-state index contributed by atoms with van der Waals surface area (Å²) in [4.78, 5) is 11.8. The summed E-state index contributed by atoms with van der Waals surface area (Å²) < 4.78 is 14.9. The Hall–Kier alpha value is -1.67. The molecule has 0 amide bonds. The summed E-state index contributed by atoms with van der Waals surface area (Å²) in [5.74, 6) is 2.36. The van der Waals surface area contributed by atoms with E-state index in [0.717, 1.165) is 38.0 Å². The first-order chi connectivity index (χ1) is 24.4. The van der Waals surface area contributed by atoms with Crippen LogP contribution in [0.1, 0.15) is 111 Å². The molecule has 4 saturated carbocycles. The van der Waals surface area contributed by atoms with Crippen molar-refractivity contribution in [1.29, 1.82) is 0 Å². The van der Waals surface area contributed by atoms with Crippen LogP contribution in [0.4, 0.5) is 0 Å². The molecule has 11 heteroatoms. The van der Waals surface area contributed by atoms with Gasteiger partial charge in [0.15, 0.2) is 12.6 Å². The average molecular weight is 735 g/mol. The van der Waals surface area contributed by atoms with Gasteiger partial charge < -0.3 is 50.0 Å². The lowest BCUT2D eigenvalue weighted by atomic mass is 9.36. The first kappa shape index (κ1) is 41.5. The molecule has 0 bridgehead atoms. The van der Waals surface area contributed by atoms with Gasteiger partial charge in [0.25, 0.3) is 0 Å². The van der Waals surface area contributed by atoms with Crippen LogP contribution in [0.15, 0.2) is 37.0 Å². The average Bonchev–Trinajstić information content (AvgIpc) is 3.66. The number of rotatable bonds is 5. The molecule has 11 nitrogen and oxygen atoms in total. The predicted octanol–water partition coefficient (Wildman–Crippen LogP) is 4.05. The third-order valence-corrected chi connectivity index (χ3v) is 14.9. The number of carbonyl (C=O) groups is 1. The quantitative estimate of drug-likeness (QED) is 0.160. The number of allylic oxidation sites excluding steroid dienone is 1. The molecule has 296 valence electrons. The van der Waals surface area contributed by atoms with Gasteiger partial charge in [-0.05, 0) is 130 Å². The monoisotopic (exact) mass is 734 g/mol. The van der Waals surface area contributed by atoms with Crippen LogP contribution in [-0.2, 0) is 19.0 Å². The number of ether oxygens (including phenoxy) is 3. The van der Waals surface area contributed by atoms with Crippen molar-refractivity contribution < 1.29 is 54.8 Å². The molecule has 3 aliphatic heterocycles. The topological polar surface area (TPSA) is 186 Å². The number of hydrogen-bond acceptors (Lipinski definition) is 11. The van der Waals surface area contributed by atoms with Crippen LogP contribution in [0, 0.1) is 39.9 Å². The van der Waals surface area contributed by atoms with Crippen LogP contribution in [0.25, 0.3) is 0 Å². The van der Waals surface area contributed by atoms with Gasteiger partial charge in [-0.25, -0.2) is 4.79 Å². The standard InChI is InChI=1S/C29H42O3.2C6H12O4/c1-5-11-28(31)15-14-27(4)21(18-28)7-8-24-23-10-9-22(20-17-25(30)32-19-20)26(23,3)13-16-29(24,27)12-6-2;2*1-3-6(9)4(7)2-5(8)10-3/h5-6,17,21-24,31H,1-2,7-16,18-19H2,3-4H3;2*3-9H,2H2,1H3/t21-,22-,23?,24?,26-,27+,28+,29?;2*3-,4+,5?,6-/m111/s1. The number of esters is 1. The fraction of sp³-hybridized carbons (Fsp3) is 0.829. The van der Waals surface area contributed by atoms with Crippen LogP contribution >= 0.6 is 0 Å². The summed E-state index contributed by atoms with van der Waals surface area (Å²) in [6, 6.07) is 0. The van der Waals surface area contributed by atoms with Crippen molar-refractivity contribution in [3.63, 3.8) is 0 Å². The third-order valence-electron chi connectivity index (χ3n) is 14.9. The molecule has 0 radical (unpaired) electrons. The molecule has 7 rings (SSSR count). The minimum Gasteiger partial charge on any atom is -0.458 e. The van der Waals surface area contributed by atoms with E-state index in [4.69, 9.17) is 44.8 Å². The number of cyclic esters (lactones) is 1. The summed E-state index contributed by atoms with van der Waals surface area (Å²) in [5.41, 5.74) is 1.53. The number of carbonyl (C=O) groups excluding carboxylic acids is 1. The SMILES string of the molecule is C=CCC12CC[C@@]3(C)C(CC[C@@H]3C3=CC(=O)OC3)C1CC[C@@H]1C[C@](O)(CC=C)CC[C@@]12C.C[C@H]1OC(O)C[C@H](O)[C@@H]1O.C[C@H]1OC(O)C[C@H](O)[C@@H]1O. The smallest absolute Gasteiger partial charge is 0.331 e. The van der Waals surface area contributed by atoms with E-state index in [2.05, 4.69) is 33.1 Å². The Labute approximate surface area is 309 Å². The van der Waals surface area contributed by atoms with Gasteiger partial charge in [-0.15, -0.1) is 13.2 Å². The molecule has 2 saturated heterocycles. The molecule has 3 heterocycles. The Balaban J connectivity index is 0.000000212. The fourth-order valence-electron chi connectivity index (χ4n) is 12.0. The number of aliphatic hydroxyl groups excluding tert-OH is 6. The summed E-state index contributed by atoms with van der Waals surface area (Å²) in [6.07, 6.45) is 12.0. The summed E-state index contributed by atoms with van der Waals surface area (Å²) >= 11 is 0. The third kappa shape index (κ3) is 7.86. The molecule has 6 fully saturated rings. The minimum absolute atomic E-state index is 0.0888. The van der Waals surface area contributed by atoms with E-state index in [-0.39, 0.29) is 29.6 Å². The van der Waals surface area contributed by atoms with E-state index in [1.54, 1.807) is 19.9 Å². The van der Waals surface area contributed by atoms with Crippen LogP contribution in [0.3, 0.4) is 0 Å². The van der Waals surface area contributed by atoms with Gasteiger partial charge in [0, 0.05) is 18.9 Å². The van der Waals surface area contributed by atoms with Crippen molar-refractivity contribution in [2.24, 2.45) is 39.9 Å². The van der Waals surface area contributed by atoms with Gasteiger partial charge in [0.1, 0.15) is 18.8 Å². The minimum atomic E-state index is -0.937. The Morgan fingerprint density at radius 3 is 1.88 bits per heavy atom. The van der Waals surface area contributed by atoms with Crippen LogP contribution < -0.4 is 0 Å². The molecule has 4 aliphatic carbocycles. The first-order valence-electron chi connectivity index (χ1n) is 19.6. The van der Waals surface area contributed by atoms with Crippen molar-refractivity contribution in [2.75, 3.05) is 6.61 Å². The van der Waals surface area contributed by atoms with Gasteiger partial charge in [-0.2, -0.15) is 0 Å². The second kappa shape index (κ2) is 16.2. The highest BCUT2D eigenvalue weighted by atomic mass is 16.6. The Kier molecular flexibility index (Phi) is 12.9. The maximum Gasteiger partial charge on any atom is 0.331 e. The Bertz CT molecular complexity index is 1250. The maximum atomic E-state index is 11.8. The molecule has 16 atom stereocenters. The summed E-state index contributed by atoms with van der Waals surface area (Å²) in [5, 5.41) is 65.2. The van der Waals surface area contributed by atoms with Crippen molar-refractivity contribution >= 4 is 5.97 Å². The lowest BCUT2D eigenvalue weighted by Crippen LogP contribution is -2.62. The highest BCUT2D eigenvalue weighted by molar-refractivity contribution is 5.85. The lowest BCUT2D eigenvalue weighted by molar-refractivity contribution is -0.226. The molecule has 7 N–H and O–H groups in total. The Morgan fingerprint density at radius 2 is 1.37 bits per heavy atom. The molecule has 0 aromatic heterocycles. The number of fused-ring (bicyclic) bond motifs is 5. The van der Waals surface area contributed by atoms with Gasteiger partial charge >= 0.3 is 5.97 Å². The van der Waals surface area contributed by atoms with E-state index in [1.807, 2.05) is 6.08 Å². The van der Waals surface area contributed by atoms with Crippen LogP contribution in [0.5, 0.6) is 0 Å². The first-order valence-corrected chi connectivity index (χ1v) is 19.6. The van der Waals surface area contributed by atoms with E-state index in [0.29, 0.717) is 29.8 Å². The maximum absolute atomic E-state index is 11.8. The number of hydrogen-bond donors (Lipinski definition) is 7. The number of aliphatic hydroxyl groups is 7. The van der Waals surface area contributed by atoms with Gasteiger partial charge in [-0.1, -0.05) is 26.0 Å². The van der Waals surface area contributed by atoms with E-state index < -0.39 is 54.8 Å². The molecule has 0 aromatic rings. The second-order valence-electron chi connectivity index (χ2n) is 17.6. The molecule has 7 aliphatic rings. The predicted molar refractivity (Wildman–Crippen MR) is 194 cm³/mol. The second-order valence-corrected chi connectivity index (χ2v) is 17.6. The molecule has 0 aromatic carbocycles. The van der Waals surface area contributed by atoms with E-state index in [9.17, 15) is 9.90 Å². The highest BCUT2D eigenvalue weighted by Gasteiger charge is 2.67. The Morgan fingerprint density at radius 1 is 0.788 bits per heavy atom. The zero-order chi connectivity index (χ0) is 38.2. The molecule has 5 unspecified atom stereocenters. The summed E-state index contributed by atoms with van der Waals surface area (Å²) in [6.45, 7) is 17.0. The zero-order valence-corrected chi connectivity index (χ0v) is 31.7. The molecular formula is C41H66O11. The highest BCUT2D eigenvalue weighted by Crippen LogP contribution is 2.75. The van der Waals surface area contributed by atoms with Crippen LogP contribution in [0.2, 0.25) is 0 Å². The summed E-state index contributed by atoms with van der Waals surface area (Å²) in [7, 11) is 0. The lowest BCUT2D eigenvalue weighted by Gasteiger charge is -2.68. The molecule has 52 heavy (non-hydrogen) atoms. The largest absolute Gasteiger partial charge is 0.458 e. The molecular weight excluding hydrogens is 668 g/mol. The van der Waals surface area contributed by atoms with Gasteiger partial charge in [0.05, 0.1) is 30.0 Å².